The van der Waals surface area contributed by atoms with Crippen LogP contribution in [-0.4, -0.2) is 31.2 Å². The second-order valence-electron chi connectivity index (χ2n) is 4.56. The lowest BCUT2D eigenvalue weighted by molar-refractivity contribution is 0.0435. The monoisotopic (exact) mass is 273 g/mol. The predicted molar refractivity (Wildman–Crippen MR) is 72.4 cm³/mol. The van der Waals surface area contributed by atoms with Crippen molar-refractivity contribution in [2.24, 2.45) is 0 Å². The number of nitriles is 1. The van der Waals surface area contributed by atoms with Crippen LogP contribution in [0.25, 0.3) is 0 Å². The molecule has 104 valence electrons. The number of amides is 2. The van der Waals surface area contributed by atoms with Crippen molar-refractivity contribution >= 4 is 17.7 Å². The highest BCUT2D eigenvalue weighted by atomic mass is 16.5. The second-order valence-corrected chi connectivity index (χ2v) is 4.56. The number of hydrogen-bond acceptors (Lipinski definition) is 4. The van der Waals surface area contributed by atoms with Gasteiger partial charge >= 0.3 is 12.0 Å². The van der Waals surface area contributed by atoms with E-state index < -0.39 is 12.1 Å². The molecule has 0 saturated carbocycles. The van der Waals surface area contributed by atoms with Gasteiger partial charge in [-0.2, -0.15) is 5.26 Å². The van der Waals surface area contributed by atoms with Crippen LogP contribution in [-0.2, 0) is 4.74 Å². The van der Waals surface area contributed by atoms with Crippen LogP contribution in [0.2, 0.25) is 0 Å². The first-order valence-corrected chi connectivity index (χ1v) is 6.29. The Labute approximate surface area is 116 Å². The van der Waals surface area contributed by atoms with E-state index >= 15 is 0 Å². The summed E-state index contributed by atoms with van der Waals surface area (Å²) in [7, 11) is 0. The minimum atomic E-state index is -0.785. The molecular weight excluding hydrogens is 258 g/mol. The van der Waals surface area contributed by atoms with Crippen LogP contribution in [0.15, 0.2) is 18.2 Å². The molecule has 0 aromatic heterocycles. The Bertz CT molecular complexity index is 592. The van der Waals surface area contributed by atoms with Crippen LogP contribution < -0.4 is 10.2 Å². The van der Waals surface area contributed by atoms with Gasteiger partial charge in [0, 0.05) is 18.8 Å². The standard InChI is InChI=1S/C14H15N3O3/c1-9-7-11(13(18)20-10(2)8-15)3-4-12(9)17-6-5-16-14(17)19/h3-4,7,10H,5-6H2,1-2H3,(H,16,19)/t10-/m0/s1. The molecule has 1 aromatic rings. The lowest BCUT2D eigenvalue weighted by Gasteiger charge is -2.17. The van der Waals surface area contributed by atoms with Crippen LogP contribution in [0.3, 0.4) is 0 Å². The van der Waals surface area contributed by atoms with Crippen LogP contribution in [0.4, 0.5) is 10.5 Å². The third-order valence-corrected chi connectivity index (χ3v) is 3.05. The van der Waals surface area contributed by atoms with Gasteiger partial charge in [-0.15, -0.1) is 0 Å². The number of hydrogen-bond donors (Lipinski definition) is 1. The number of carbonyl (C=O) groups is 2. The molecule has 0 radical (unpaired) electrons. The van der Waals surface area contributed by atoms with Gasteiger partial charge < -0.3 is 10.1 Å². The number of urea groups is 1. The Kier molecular flexibility index (Phi) is 3.89. The number of aryl methyl sites for hydroxylation is 1. The molecule has 1 fully saturated rings. The molecule has 0 bridgehead atoms. The van der Waals surface area contributed by atoms with Gasteiger partial charge in [0.1, 0.15) is 6.07 Å². The number of anilines is 1. The van der Waals surface area contributed by atoms with Crippen molar-refractivity contribution in [1.29, 1.82) is 5.26 Å². The molecule has 1 aliphatic heterocycles. The maximum Gasteiger partial charge on any atom is 0.339 e. The highest BCUT2D eigenvalue weighted by Gasteiger charge is 2.23. The molecule has 6 heteroatoms. The molecule has 2 amide bonds. The fourth-order valence-electron chi connectivity index (χ4n) is 2.04. The summed E-state index contributed by atoms with van der Waals surface area (Å²) in [5.41, 5.74) is 1.94. The molecule has 1 atom stereocenters. The van der Waals surface area contributed by atoms with E-state index in [9.17, 15) is 9.59 Å². The summed E-state index contributed by atoms with van der Waals surface area (Å²) < 4.78 is 4.93. The van der Waals surface area contributed by atoms with Crippen molar-refractivity contribution in [3.05, 3.63) is 29.3 Å². The molecular formula is C14H15N3O3. The molecule has 1 aromatic carbocycles. The highest BCUT2D eigenvalue weighted by molar-refractivity contribution is 5.96. The first-order chi connectivity index (χ1) is 9.52. The van der Waals surface area contributed by atoms with Gasteiger partial charge in [0.15, 0.2) is 6.10 Å². The molecule has 0 spiro atoms. The normalized spacial score (nSPS) is 15.4. The summed E-state index contributed by atoms with van der Waals surface area (Å²) in [6.45, 7) is 4.55. The average molecular weight is 273 g/mol. The summed E-state index contributed by atoms with van der Waals surface area (Å²) >= 11 is 0. The van der Waals surface area contributed by atoms with E-state index in [2.05, 4.69) is 5.32 Å². The number of benzene rings is 1. The minimum Gasteiger partial charge on any atom is -0.444 e. The summed E-state index contributed by atoms with van der Waals surface area (Å²) in [4.78, 5) is 25.0. The molecule has 6 nitrogen and oxygen atoms in total. The van der Waals surface area contributed by atoms with Crippen molar-refractivity contribution in [3.8, 4) is 6.07 Å². The molecule has 1 aliphatic rings. The van der Waals surface area contributed by atoms with E-state index in [1.165, 1.54) is 6.92 Å². The number of rotatable bonds is 3. The van der Waals surface area contributed by atoms with Crippen LogP contribution >= 0.6 is 0 Å². The zero-order valence-electron chi connectivity index (χ0n) is 11.3. The SMILES string of the molecule is Cc1cc(C(=O)O[C@@H](C)C#N)ccc1N1CCNC1=O. The van der Waals surface area contributed by atoms with Gasteiger partial charge in [-0.05, 0) is 37.6 Å². The van der Waals surface area contributed by atoms with Crippen LogP contribution in [0.1, 0.15) is 22.8 Å². The number of ether oxygens (including phenoxy) is 1. The number of esters is 1. The Morgan fingerprint density at radius 2 is 2.30 bits per heavy atom. The Hall–Kier alpha value is -2.55. The fourth-order valence-corrected chi connectivity index (χ4v) is 2.04. The molecule has 20 heavy (non-hydrogen) atoms. The Morgan fingerprint density at radius 3 is 2.85 bits per heavy atom. The Balaban J connectivity index is 2.20. The largest absolute Gasteiger partial charge is 0.444 e. The van der Waals surface area contributed by atoms with E-state index in [4.69, 9.17) is 10.00 Å². The number of nitrogens with zero attached hydrogens (tertiary/aromatic N) is 2. The van der Waals surface area contributed by atoms with Gasteiger partial charge in [-0.3, -0.25) is 4.90 Å². The van der Waals surface area contributed by atoms with Gasteiger partial charge in [-0.25, -0.2) is 9.59 Å². The Morgan fingerprint density at radius 1 is 1.55 bits per heavy atom. The minimum absolute atomic E-state index is 0.137. The van der Waals surface area contributed by atoms with Gasteiger partial charge in [0.2, 0.25) is 0 Å². The zero-order chi connectivity index (χ0) is 14.7. The maximum absolute atomic E-state index is 11.8. The second kappa shape index (κ2) is 5.61. The van der Waals surface area contributed by atoms with Crippen molar-refractivity contribution in [3.63, 3.8) is 0 Å². The van der Waals surface area contributed by atoms with Gasteiger partial charge in [-0.1, -0.05) is 0 Å². The smallest absolute Gasteiger partial charge is 0.339 e. The van der Waals surface area contributed by atoms with E-state index in [1.807, 2.05) is 13.0 Å². The molecule has 1 saturated heterocycles. The maximum atomic E-state index is 11.8. The van der Waals surface area contributed by atoms with E-state index in [0.29, 0.717) is 18.7 Å². The van der Waals surface area contributed by atoms with Crippen LogP contribution in [0, 0.1) is 18.3 Å². The lowest BCUT2D eigenvalue weighted by Crippen LogP contribution is -2.28. The summed E-state index contributed by atoms with van der Waals surface area (Å²) in [5.74, 6) is -0.542. The van der Waals surface area contributed by atoms with Crippen LogP contribution in [0.5, 0.6) is 0 Å². The van der Waals surface area contributed by atoms with E-state index in [0.717, 1.165) is 11.3 Å². The van der Waals surface area contributed by atoms with Crippen molar-refractivity contribution in [2.75, 3.05) is 18.0 Å². The third-order valence-electron chi connectivity index (χ3n) is 3.05. The molecule has 0 unspecified atom stereocenters. The molecule has 0 aliphatic carbocycles. The topological polar surface area (TPSA) is 82.4 Å². The average Bonchev–Trinajstić information content (AvgIpc) is 2.84. The van der Waals surface area contributed by atoms with Gasteiger partial charge in [0.25, 0.3) is 0 Å². The summed E-state index contributed by atoms with van der Waals surface area (Å²) in [5, 5.41) is 11.3. The van der Waals surface area contributed by atoms with Gasteiger partial charge in [0.05, 0.1) is 5.56 Å². The predicted octanol–water partition coefficient (Wildman–Crippen LogP) is 1.59. The molecule has 1 N–H and O–H groups in total. The van der Waals surface area contributed by atoms with Crippen molar-refractivity contribution in [1.82, 2.24) is 5.32 Å². The van der Waals surface area contributed by atoms with Crippen molar-refractivity contribution < 1.29 is 14.3 Å². The van der Waals surface area contributed by atoms with E-state index in [-0.39, 0.29) is 6.03 Å². The van der Waals surface area contributed by atoms with Crippen molar-refractivity contribution in [2.45, 2.75) is 20.0 Å². The molecule has 2 rings (SSSR count). The quantitative estimate of drug-likeness (QED) is 0.848. The lowest BCUT2D eigenvalue weighted by atomic mass is 10.1. The number of carbonyl (C=O) groups excluding carboxylic acids is 2. The molecule has 1 heterocycles. The summed E-state index contributed by atoms with van der Waals surface area (Å²) in [6.07, 6.45) is -0.785. The summed E-state index contributed by atoms with van der Waals surface area (Å²) in [6, 6.07) is 6.67. The highest BCUT2D eigenvalue weighted by Crippen LogP contribution is 2.23. The first-order valence-electron chi connectivity index (χ1n) is 6.29. The first kappa shape index (κ1) is 13.9. The fraction of sp³-hybridized carbons (Fsp3) is 0.357. The third kappa shape index (κ3) is 2.72. The number of nitrogens with one attached hydrogen (secondary N) is 1. The zero-order valence-corrected chi connectivity index (χ0v) is 11.3. The van der Waals surface area contributed by atoms with E-state index in [1.54, 1.807) is 23.1 Å².